The molecular formula is C20H18FN3O3. The number of amides is 1. The Morgan fingerprint density at radius 1 is 1.00 bits per heavy atom. The third-order valence-corrected chi connectivity index (χ3v) is 3.81. The number of hydrogen-bond donors (Lipinski definition) is 2. The average Bonchev–Trinajstić information content (AvgIpc) is 2.70. The van der Waals surface area contributed by atoms with E-state index in [1.54, 1.807) is 50.6 Å². The molecule has 3 aromatic rings. The van der Waals surface area contributed by atoms with Crippen molar-refractivity contribution in [1.29, 1.82) is 0 Å². The van der Waals surface area contributed by atoms with E-state index >= 15 is 0 Å². The van der Waals surface area contributed by atoms with Gasteiger partial charge in [0.1, 0.15) is 23.0 Å². The number of halogens is 1. The quantitative estimate of drug-likeness (QED) is 0.682. The number of carbonyl (C=O) groups is 1. The van der Waals surface area contributed by atoms with E-state index in [0.29, 0.717) is 17.2 Å². The Morgan fingerprint density at radius 3 is 2.48 bits per heavy atom. The lowest BCUT2D eigenvalue weighted by atomic mass is 10.2. The van der Waals surface area contributed by atoms with Gasteiger partial charge in [0.25, 0.3) is 5.91 Å². The number of nitrogens with one attached hydrogen (secondary N) is 2. The third kappa shape index (κ3) is 4.33. The molecule has 3 rings (SSSR count). The van der Waals surface area contributed by atoms with Crippen LogP contribution in [0.4, 0.5) is 21.5 Å². The summed E-state index contributed by atoms with van der Waals surface area (Å²) in [7, 11) is 3.14. The molecular weight excluding hydrogens is 349 g/mol. The number of rotatable bonds is 6. The zero-order valence-corrected chi connectivity index (χ0v) is 14.8. The van der Waals surface area contributed by atoms with E-state index in [4.69, 9.17) is 9.47 Å². The highest BCUT2D eigenvalue weighted by molar-refractivity contribution is 6.03. The Bertz CT molecular complexity index is 945. The second-order valence-electron chi connectivity index (χ2n) is 5.56. The van der Waals surface area contributed by atoms with Crippen molar-refractivity contribution < 1.29 is 18.7 Å². The summed E-state index contributed by atoms with van der Waals surface area (Å²) in [6.07, 6.45) is 1.51. The van der Waals surface area contributed by atoms with Crippen molar-refractivity contribution in [3.63, 3.8) is 0 Å². The number of nitrogens with zero attached hydrogens (tertiary/aromatic N) is 1. The minimum Gasteiger partial charge on any atom is -0.497 e. The lowest BCUT2D eigenvalue weighted by molar-refractivity contribution is 0.102. The summed E-state index contributed by atoms with van der Waals surface area (Å²) >= 11 is 0. The predicted molar refractivity (Wildman–Crippen MR) is 101 cm³/mol. The number of pyridine rings is 1. The van der Waals surface area contributed by atoms with Crippen LogP contribution in [0.5, 0.6) is 11.5 Å². The lowest BCUT2D eigenvalue weighted by Gasteiger charge is -2.12. The molecule has 0 saturated carbocycles. The van der Waals surface area contributed by atoms with E-state index in [1.165, 1.54) is 18.3 Å². The van der Waals surface area contributed by atoms with Gasteiger partial charge in [-0.2, -0.15) is 0 Å². The summed E-state index contributed by atoms with van der Waals surface area (Å²) in [6.45, 7) is 0. The lowest BCUT2D eigenvalue weighted by Crippen LogP contribution is -2.14. The monoisotopic (exact) mass is 367 g/mol. The number of benzene rings is 2. The van der Waals surface area contributed by atoms with Crippen molar-refractivity contribution in [2.45, 2.75) is 0 Å². The molecule has 0 radical (unpaired) electrons. The van der Waals surface area contributed by atoms with E-state index in [-0.39, 0.29) is 11.4 Å². The Kier molecular flexibility index (Phi) is 5.51. The minimum atomic E-state index is -0.504. The van der Waals surface area contributed by atoms with Gasteiger partial charge in [-0.25, -0.2) is 9.37 Å². The smallest absolute Gasteiger partial charge is 0.274 e. The molecule has 0 atom stereocenters. The van der Waals surface area contributed by atoms with E-state index < -0.39 is 11.7 Å². The van der Waals surface area contributed by atoms with Gasteiger partial charge in [-0.1, -0.05) is 12.1 Å². The van der Waals surface area contributed by atoms with Crippen molar-refractivity contribution in [2.75, 3.05) is 24.9 Å². The van der Waals surface area contributed by atoms with Gasteiger partial charge in [0, 0.05) is 6.07 Å². The van der Waals surface area contributed by atoms with Gasteiger partial charge in [0.2, 0.25) is 0 Å². The summed E-state index contributed by atoms with van der Waals surface area (Å²) in [5.41, 5.74) is 1.67. The molecule has 0 spiro atoms. The van der Waals surface area contributed by atoms with Crippen molar-refractivity contribution in [3.05, 3.63) is 72.3 Å². The SMILES string of the molecule is COc1ccc(Nc2ccc(C(=O)Nc3ccccc3F)nc2)c(OC)c1. The van der Waals surface area contributed by atoms with E-state index in [2.05, 4.69) is 15.6 Å². The van der Waals surface area contributed by atoms with Crippen molar-refractivity contribution >= 4 is 23.0 Å². The fraction of sp³-hybridized carbons (Fsp3) is 0.100. The van der Waals surface area contributed by atoms with Crippen molar-refractivity contribution in [3.8, 4) is 11.5 Å². The number of aromatic nitrogens is 1. The van der Waals surface area contributed by atoms with Crippen molar-refractivity contribution in [2.24, 2.45) is 0 Å². The Hall–Kier alpha value is -3.61. The first-order valence-electron chi connectivity index (χ1n) is 8.11. The van der Waals surface area contributed by atoms with E-state index in [9.17, 15) is 9.18 Å². The maximum absolute atomic E-state index is 13.6. The highest BCUT2D eigenvalue weighted by Crippen LogP contribution is 2.31. The van der Waals surface area contributed by atoms with Crippen LogP contribution in [0.25, 0.3) is 0 Å². The van der Waals surface area contributed by atoms with Crippen LogP contribution in [-0.2, 0) is 0 Å². The molecule has 1 aromatic heterocycles. The first kappa shape index (κ1) is 18.2. The van der Waals surface area contributed by atoms with Gasteiger partial charge in [0.05, 0.1) is 37.5 Å². The Labute approximate surface area is 156 Å². The van der Waals surface area contributed by atoms with Gasteiger partial charge in [0.15, 0.2) is 0 Å². The second kappa shape index (κ2) is 8.18. The van der Waals surface area contributed by atoms with Gasteiger partial charge >= 0.3 is 0 Å². The Balaban J connectivity index is 1.72. The molecule has 0 bridgehead atoms. The molecule has 0 saturated heterocycles. The van der Waals surface area contributed by atoms with Crippen LogP contribution in [-0.4, -0.2) is 25.1 Å². The molecule has 0 unspecified atom stereocenters. The number of methoxy groups -OCH3 is 2. The summed E-state index contributed by atoms with van der Waals surface area (Å²) in [6, 6.07) is 14.6. The molecule has 1 heterocycles. The van der Waals surface area contributed by atoms with Gasteiger partial charge in [-0.05, 0) is 36.4 Å². The summed E-state index contributed by atoms with van der Waals surface area (Å²) in [5.74, 6) is 0.288. The first-order valence-corrected chi connectivity index (χ1v) is 8.11. The fourth-order valence-electron chi connectivity index (χ4n) is 2.41. The van der Waals surface area contributed by atoms with E-state index in [0.717, 1.165) is 5.69 Å². The van der Waals surface area contributed by atoms with Crippen LogP contribution in [0.15, 0.2) is 60.8 Å². The molecule has 27 heavy (non-hydrogen) atoms. The highest BCUT2D eigenvalue weighted by Gasteiger charge is 2.11. The topological polar surface area (TPSA) is 72.5 Å². The first-order chi connectivity index (χ1) is 13.1. The standard InChI is InChI=1S/C20H18FN3O3/c1-26-14-8-10-17(19(11-14)27-2)23-13-7-9-18(22-12-13)20(25)24-16-6-4-3-5-15(16)21/h3-12,23H,1-2H3,(H,24,25). The van der Waals surface area contributed by atoms with Crippen LogP contribution < -0.4 is 20.1 Å². The van der Waals surface area contributed by atoms with Crippen LogP contribution in [0.1, 0.15) is 10.5 Å². The zero-order chi connectivity index (χ0) is 19.2. The molecule has 0 aliphatic carbocycles. The normalized spacial score (nSPS) is 10.2. The van der Waals surface area contributed by atoms with Gasteiger partial charge in [-0.15, -0.1) is 0 Å². The number of anilines is 3. The number of hydrogen-bond acceptors (Lipinski definition) is 5. The van der Waals surface area contributed by atoms with Gasteiger partial charge in [-0.3, -0.25) is 4.79 Å². The number of carbonyl (C=O) groups excluding carboxylic acids is 1. The largest absolute Gasteiger partial charge is 0.497 e. The average molecular weight is 367 g/mol. The maximum atomic E-state index is 13.6. The molecule has 0 fully saturated rings. The number of para-hydroxylation sites is 1. The van der Waals surface area contributed by atoms with Crippen LogP contribution in [0, 0.1) is 5.82 Å². The van der Waals surface area contributed by atoms with Crippen LogP contribution >= 0.6 is 0 Å². The number of ether oxygens (including phenoxy) is 2. The minimum absolute atomic E-state index is 0.106. The van der Waals surface area contributed by atoms with Gasteiger partial charge < -0.3 is 20.1 Å². The predicted octanol–water partition coefficient (Wildman–Crippen LogP) is 4.23. The van der Waals surface area contributed by atoms with Crippen LogP contribution in [0.2, 0.25) is 0 Å². The summed E-state index contributed by atoms with van der Waals surface area (Å²) in [5, 5.41) is 5.66. The van der Waals surface area contributed by atoms with E-state index in [1.807, 2.05) is 6.07 Å². The molecule has 138 valence electrons. The molecule has 0 aliphatic rings. The second-order valence-corrected chi connectivity index (χ2v) is 5.56. The Morgan fingerprint density at radius 2 is 1.81 bits per heavy atom. The van der Waals surface area contributed by atoms with Crippen molar-refractivity contribution in [1.82, 2.24) is 4.98 Å². The van der Waals surface area contributed by atoms with Crippen LogP contribution in [0.3, 0.4) is 0 Å². The highest BCUT2D eigenvalue weighted by atomic mass is 19.1. The maximum Gasteiger partial charge on any atom is 0.274 e. The molecule has 0 aliphatic heterocycles. The molecule has 6 nitrogen and oxygen atoms in total. The zero-order valence-electron chi connectivity index (χ0n) is 14.8. The third-order valence-electron chi connectivity index (χ3n) is 3.81. The summed E-state index contributed by atoms with van der Waals surface area (Å²) < 4.78 is 24.1. The molecule has 2 N–H and O–H groups in total. The summed E-state index contributed by atoms with van der Waals surface area (Å²) in [4.78, 5) is 16.3. The fourth-order valence-corrected chi connectivity index (χ4v) is 2.41. The molecule has 1 amide bonds. The molecule has 2 aromatic carbocycles. The molecule has 7 heteroatoms.